The predicted molar refractivity (Wildman–Crippen MR) is 78.5 cm³/mol. The molecular weight excluding hydrogens is 278 g/mol. The SMILES string of the molecule is CC(c1cccc(-c2cn(C)c(=O)c(N)n2)c1)S(=O)O. The standard InChI is InChI=1S/C13H15N3O3S/c1-8(20(18)19)9-4-3-5-10(6-9)11-7-16(2)13(17)12(14)15-11/h3-8H,1-2H3,(H2,14,15)(H,18,19). The van der Waals surface area contributed by atoms with Gasteiger partial charge in [0.1, 0.15) is 0 Å². The molecule has 6 nitrogen and oxygen atoms in total. The van der Waals surface area contributed by atoms with Gasteiger partial charge < -0.3 is 14.9 Å². The summed E-state index contributed by atoms with van der Waals surface area (Å²) in [7, 11) is 1.60. The van der Waals surface area contributed by atoms with Crippen molar-refractivity contribution in [2.24, 2.45) is 7.05 Å². The normalized spacial score (nSPS) is 13.9. The second-order valence-electron chi connectivity index (χ2n) is 4.47. The highest BCUT2D eigenvalue weighted by Gasteiger charge is 2.13. The van der Waals surface area contributed by atoms with Gasteiger partial charge in [0, 0.05) is 18.8 Å². The van der Waals surface area contributed by atoms with Gasteiger partial charge in [-0.1, -0.05) is 18.2 Å². The largest absolute Gasteiger partial charge is 0.379 e. The molecule has 0 aliphatic heterocycles. The third-order valence-electron chi connectivity index (χ3n) is 3.05. The number of rotatable bonds is 3. The Bertz CT molecular complexity index is 701. The number of hydrogen-bond acceptors (Lipinski definition) is 4. The molecule has 1 heterocycles. The number of nitrogen functional groups attached to an aromatic ring is 1. The Morgan fingerprint density at radius 1 is 1.45 bits per heavy atom. The molecule has 0 radical (unpaired) electrons. The van der Waals surface area contributed by atoms with Crippen molar-refractivity contribution >= 4 is 16.9 Å². The zero-order valence-electron chi connectivity index (χ0n) is 11.1. The van der Waals surface area contributed by atoms with Crippen LogP contribution in [0.3, 0.4) is 0 Å². The fraction of sp³-hybridized carbons (Fsp3) is 0.231. The maximum atomic E-state index is 11.5. The summed E-state index contributed by atoms with van der Waals surface area (Å²) in [6, 6.07) is 7.12. The van der Waals surface area contributed by atoms with E-state index < -0.39 is 16.3 Å². The summed E-state index contributed by atoms with van der Waals surface area (Å²) in [5.74, 6) is -0.0748. The molecule has 0 bridgehead atoms. The fourth-order valence-electron chi connectivity index (χ4n) is 1.84. The van der Waals surface area contributed by atoms with Crippen molar-refractivity contribution in [3.63, 3.8) is 0 Å². The van der Waals surface area contributed by atoms with Gasteiger partial charge in [-0.3, -0.25) is 4.79 Å². The van der Waals surface area contributed by atoms with Gasteiger partial charge in [-0.2, -0.15) is 0 Å². The van der Waals surface area contributed by atoms with E-state index in [-0.39, 0.29) is 11.4 Å². The summed E-state index contributed by atoms with van der Waals surface area (Å²) in [6.07, 6.45) is 1.58. The quantitative estimate of drug-likeness (QED) is 0.831. The van der Waals surface area contributed by atoms with Crippen molar-refractivity contribution < 1.29 is 8.76 Å². The van der Waals surface area contributed by atoms with Crippen LogP contribution < -0.4 is 11.3 Å². The molecule has 7 heteroatoms. The Hall–Kier alpha value is -1.99. The van der Waals surface area contributed by atoms with E-state index >= 15 is 0 Å². The van der Waals surface area contributed by atoms with Crippen molar-refractivity contribution in [2.75, 3.05) is 5.73 Å². The van der Waals surface area contributed by atoms with Gasteiger partial charge in [0.15, 0.2) is 16.9 Å². The Balaban J connectivity index is 2.51. The van der Waals surface area contributed by atoms with Crippen LogP contribution in [-0.4, -0.2) is 18.3 Å². The summed E-state index contributed by atoms with van der Waals surface area (Å²) >= 11 is -1.94. The molecule has 0 fully saturated rings. The van der Waals surface area contributed by atoms with E-state index in [0.29, 0.717) is 5.69 Å². The molecule has 106 valence electrons. The van der Waals surface area contributed by atoms with Gasteiger partial charge in [0.2, 0.25) is 0 Å². The zero-order chi connectivity index (χ0) is 14.9. The first-order chi connectivity index (χ1) is 9.40. The van der Waals surface area contributed by atoms with E-state index in [0.717, 1.165) is 11.1 Å². The van der Waals surface area contributed by atoms with Crippen LogP contribution in [0.2, 0.25) is 0 Å². The lowest BCUT2D eigenvalue weighted by atomic mass is 10.1. The average molecular weight is 293 g/mol. The first kappa shape index (κ1) is 14.4. The van der Waals surface area contributed by atoms with Crippen LogP contribution >= 0.6 is 0 Å². The van der Waals surface area contributed by atoms with Crippen molar-refractivity contribution in [1.82, 2.24) is 9.55 Å². The molecule has 0 amide bonds. The number of nitrogens with two attached hydrogens (primary N) is 1. The predicted octanol–water partition coefficient (Wildman–Crippen LogP) is 1.31. The summed E-state index contributed by atoms with van der Waals surface area (Å²) < 4.78 is 21.6. The molecule has 0 saturated heterocycles. The van der Waals surface area contributed by atoms with Crippen LogP contribution in [0.25, 0.3) is 11.3 Å². The number of aromatic nitrogens is 2. The van der Waals surface area contributed by atoms with E-state index in [1.807, 2.05) is 6.07 Å². The average Bonchev–Trinajstić information content (AvgIpc) is 2.43. The first-order valence-corrected chi connectivity index (χ1v) is 7.10. The molecule has 1 aromatic carbocycles. The third kappa shape index (κ3) is 2.78. The van der Waals surface area contributed by atoms with E-state index in [2.05, 4.69) is 4.98 Å². The summed E-state index contributed by atoms with van der Waals surface area (Å²) in [4.78, 5) is 15.6. The van der Waals surface area contributed by atoms with Gasteiger partial charge in [-0.25, -0.2) is 9.19 Å². The smallest absolute Gasteiger partial charge is 0.292 e. The minimum Gasteiger partial charge on any atom is -0.379 e. The second-order valence-corrected chi connectivity index (χ2v) is 5.73. The highest BCUT2D eigenvalue weighted by Crippen LogP contribution is 2.24. The Labute approximate surface area is 118 Å². The lowest BCUT2D eigenvalue weighted by Crippen LogP contribution is -2.21. The molecule has 3 N–H and O–H groups in total. The van der Waals surface area contributed by atoms with Crippen LogP contribution in [-0.2, 0) is 18.1 Å². The minimum atomic E-state index is -1.94. The number of benzene rings is 1. The lowest BCUT2D eigenvalue weighted by Gasteiger charge is -2.10. The van der Waals surface area contributed by atoms with Crippen LogP contribution in [0.5, 0.6) is 0 Å². The molecule has 0 aliphatic carbocycles. The van der Waals surface area contributed by atoms with Crippen molar-refractivity contribution in [1.29, 1.82) is 0 Å². The summed E-state index contributed by atoms with van der Waals surface area (Å²) in [6.45, 7) is 1.66. The molecule has 1 aromatic heterocycles. The molecule has 20 heavy (non-hydrogen) atoms. The monoisotopic (exact) mass is 293 g/mol. The molecule has 2 unspecified atom stereocenters. The third-order valence-corrected chi connectivity index (χ3v) is 3.93. The van der Waals surface area contributed by atoms with E-state index in [1.165, 1.54) is 4.57 Å². The fourth-order valence-corrected chi connectivity index (χ4v) is 2.21. The Morgan fingerprint density at radius 2 is 2.15 bits per heavy atom. The number of aryl methyl sites for hydroxylation is 1. The molecule has 0 aliphatic rings. The first-order valence-electron chi connectivity index (χ1n) is 5.93. The maximum Gasteiger partial charge on any atom is 0.292 e. The van der Waals surface area contributed by atoms with E-state index in [9.17, 15) is 9.00 Å². The van der Waals surface area contributed by atoms with E-state index in [4.69, 9.17) is 10.3 Å². The van der Waals surface area contributed by atoms with Gasteiger partial charge in [-0.15, -0.1) is 0 Å². The molecule has 0 saturated carbocycles. The molecule has 2 atom stereocenters. The van der Waals surface area contributed by atoms with Crippen molar-refractivity contribution in [3.05, 3.63) is 46.4 Å². The van der Waals surface area contributed by atoms with Crippen molar-refractivity contribution in [2.45, 2.75) is 12.2 Å². The van der Waals surface area contributed by atoms with Gasteiger partial charge in [0.25, 0.3) is 5.56 Å². The molecule has 2 aromatic rings. The summed E-state index contributed by atoms with van der Waals surface area (Å²) in [5, 5.41) is -0.500. The van der Waals surface area contributed by atoms with Gasteiger partial charge >= 0.3 is 0 Å². The topological polar surface area (TPSA) is 98.2 Å². The van der Waals surface area contributed by atoms with Crippen LogP contribution in [0, 0.1) is 0 Å². The molecule has 2 rings (SSSR count). The van der Waals surface area contributed by atoms with Crippen LogP contribution in [0.4, 0.5) is 5.82 Å². The van der Waals surface area contributed by atoms with Gasteiger partial charge in [0.05, 0.1) is 10.9 Å². The molecular formula is C13H15N3O3S. The molecule has 0 spiro atoms. The minimum absolute atomic E-state index is 0.0748. The van der Waals surface area contributed by atoms with Crippen LogP contribution in [0.1, 0.15) is 17.7 Å². The number of nitrogens with zero attached hydrogens (tertiary/aromatic N) is 2. The van der Waals surface area contributed by atoms with E-state index in [1.54, 1.807) is 38.4 Å². The summed E-state index contributed by atoms with van der Waals surface area (Å²) in [5.41, 5.74) is 7.22. The zero-order valence-corrected chi connectivity index (χ0v) is 11.9. The highest BCUT2D eigenvalue weighted by atomic mass is 32.2. The Kier molecular flexibility index (Phi) is 4.01. The van der Waals surface area contributed by atoms with Gasteiger partial charge in [-0.05, 0) is 18.6 Å². The van der Waals surface area contributed by atoms with Crippen molar-refractivity contribution in [3.8, 4) is 11.3 Å². The number of hydrogen-bond donors (Lipinski definition) is 2. The lowest BCUT2D eigenvalue weighted by molar-refractivity contribution is 0.554. The Morgan fingerprint density at radius 3 is 2.75 bits per heavy atom. The number of anilines is 1. The second kappa shape index (κ2) is 5.56. The highest BCUT2D eigenvalue weighted by molar-refractivity contribution is 7.79. The van der Waals surface area contributed by atoms with Crippen LogP contribution in [0.15, 0.2) is 35.3 Å². The maximum absolute atomic E-state index is 11.5.